The second-order valence-electron chi connectivity index (χ2n) is 8.49. The maximum Gasteiger partial charge on any atom is 0.272 e. The Morgan fingerprint density at radius 3 is 2.15 bits per heavy atom. The number of nitrogens with one attached hydrogen (secondary N) is 2. The average molecular weight is 571 g/mol. The maximum absolute atomic E-state index is 13.3. The summed E-state index contributed by atoms with van der Waals surface area (Å²) in [5, 5.41) is 6.23. The third-order valence-corrected chi connectivity index (χ3v) is 6.62. The van der Waals surface area contributed by atoms with Gasteiger partial charge in [-0.05, 0) is 72.3 Å². The molecule has 0 bridgehead atoms. The molecule has 0 saturated heterocycles. The molecule has 0 aliphatic rings. The van der Waals surface area contributed by atoms with Crippen LogP contribution in [0.25, 0.3) is 12.2 Å². The first-order valence-corrected chi connectivity index (χ1v) is 12.9. The van der Waals surface area contributed by atoms with Gasteiger partial charge in [0.25, 0.3) is 11.8 Å². The minimum atomic E-state index is -0.551. The van der Waals surface area contributed by atoms with Crippen molar-refractivity contribution in [3.8, 4) is 5.75 Å². The van der Waals surface area contributed by atoms with Gasteiger partial charge in [0, 0.05) is 22.4 Å². The Balaban J connectivity index is 1.52. The average Bonchev–Trinajstić information content (AvgIpc) is 2.98. The zero-order chi connectivity index (χ0) is 28.5. The van der Waals surface area contributed by atoms with Crippen LogP contribution in [0.2, 0.25) is 10.0 Å². The summed E-state index contributed by atoms with van der Waals surface area (Å²) in [6.45, 7) is 0. The lowest BCUT2D eigenvalue weighted by atomic mass is 10.1. The SMILES string of the molecule is COc1ccccc1/C=C(\NC(=O)c1ccccc1)C(=O)Nc1ccc(C(=O)/C=C/c2cccc(Cl)c2Cl)cc1. The molecule has 0 unspecified atom stereocenters. The molecule has 200 valence electrons. The predicted molar refractivity (Wildman–Crippen MR) is 160 cm³/mol. The molecule has 2 amide bonds. The maximum atomic E-state index is 13.3. The number of para-hydroxylation sites is 1. The Kier molecular flexibility index (Phi) is 9.52. The van der Waals surface area contributed by atoms with Crippen molar-refractivity contribution in [2.45, 2.75) is 0 Å². The molecule has 2 N–H and O–H groups in total. The van der Waals surface area contributed by atoms with Crippen molar-refractivity contribution in [3.63, 3.8) is 0 Å². The van der Waals surface area contributed by atoms with E-state index in [9.17, 15) is 14.4 Å². The minimum Gasteiger partial charge on any atom is -0.496 e. The normalized spacial score (nSPS) is 11.2. The van der Waals surface area contributed by atoms with Gasteiger partial charge in [-0.3, -0.25) is 14.4 Å². The zero-order valence-electron chi connectivity index (χ0n) is 21.4. The first-order chi connectivity index (χ1) is 19.4. The van der Waals surface area contributed by atoms with Crippen LogP contribution in [0.4, 0.5) is 5.69 Å². The van der Waals surface area contributed by atoms with E-state index in [1.165, 1.54) is 13.2 Å². The zero-order valence-corrected chi connectivity index (χ0v) is 22.9. The van der Waals surface area contributed by atoms with Crippen LogP contribution in [0, 0.1) is 0 Å². The Morgan fingerprint density at radius 2 is 1.43 bits per heavy atom. The van der Waals surface area contributed by atoms with E-state index in [2.05, 4.69) is 10.6 Å². The molecule has 4 aromatic carbocycles. The highest BCUT2D eigenvalue weighted by Gasteiger charge is 2.16. The third-order valence-electron chi connectivity index (χ3n) is 5.79. The lowest BCUT2D eigenvalue weighted by Crippen LogP contribution is -2.30. The second kappa shape index (κ2) is 13.4. The van der Waals surface area contributed by atoms with Crippen molar-refractivity contribution < 1.29 is 19.1 Å². The summed E-state index contributed by atoms with van der Waals surface area (Å²) in [5.41, 5.74) is 2.49. The van der Waals surface area contributed by atoms with Gasteiger partial charge in [0.15, 0.2) is 5.78 Å². The topological polar surface area (TPSA) is 84.5 Å². The van der Waals surface area contributed by atoms with E-state index in [-0.39, 0.29) is 11.5 Å². The lowest BCUT2D eigenvalue weighted by Gasteiger charge is -2.12. The number of carbonyl (C=O) groups excluding carboxylic acids is 3. The van der Waals surface area contributed by atoms with E-state index in [1.807, 2.05) is 0 Å². The molecule has 0 spiro atoms. The molecule has 6 nitrogen and oxygen atoms in total. The Labute approximate surface area is 241 Å². The number of ketones is 1. The highest BCUT2D eigenvalue weighted by molar-refractivity contribution is 6.43. The fourth-order valence-electron chi connectivity index (χ4n) is 3.71. The van der Waals surface area contributed by atoms with Gasteiger partial charge in [-0.1, -0.05) is 71.7 Å². The molecule has 0 atom stereocenters. The number of hydrogen-bond donors (Lipinski definition) is 2. The van der Waals surface area contributed by atoms with Crippen LogP contribution in [0.15, 0.2) is 109 Å². The van der Waals surface area contributed by atoms with Crippen molar-refractivity contribution in [1.29, 1.82) is 0 Å². The predicted octanol–water partition coefficient (Wildman–Crippen LogP) is 7.31. The number of rotatable bonds is 9. The fourth-order valence-corrected chi connectivity index (χ4v) is 4.08. The van der Waals surface area contributed by atoms with Gasteiger partial charge in [0.05, 0.1) is 17.2 Å². The van der Waals surface area contributed by atoms with E-state index >= 15 is 0 Å². The number of benzene rings is 4. The number of anilines is 1. The first kappa shape index (κ1) is 28.4. The van der Waals surface area contributed by atoms with Crippen molar-refractivity contribution in [2.24, 2.45) is 0 Å². The van der Waals surface area contributed by atoms with Crippen molar-refractivity contribution >= 4 is 58.6 Å². The van der Waals surface area contributed by atoms with Gasteiger partial charge in [-0.2, -0.15) is 0 Å². The molecule has 0 saturated carbocycles. The molecule has 0 heterocycles. The molecule has 0 radical (unpaired) electrons. The molecule has 0 aliphatic heterocycles. The minimum absolute atomic E-state index is 0.0137. The Hall–Kier alpha value is -4.65. The summed E-state index contributed by atoms with van der Waals surface area (Å²) in [5.74, 6) is -0.702. The highest BCUT2D eigenvalue weighted by atomic mass is 35.5. The van der Waals surface area contributed by atoms with Gasteiger partial charge < -0.3 is 15.4 Å². The number of carbonyl (C=O) groups is 3. The number of allylic oxidation sites excluding steroid dienone is 1. The van der Waals surface area contributed by atoms with Crippen molar-refractivity contribution in [3.05, 3.63) is 141 Å². The van der Waals surface area contributed by atoms with Crippen LogP contribution >= 0.6 is 23.2 Å². The first-order valence-electron chi connectivity index (χ1n) is 12.1. The van der Waals surface area contributed by atoms with Gasteiger partial charge >= 0.3 is 0 Å². The standard InChI is InChI=1S/C32H24Cl2N2O4/c1-40-29-13-6-5-10-24(29)20-27(36-31(38)23-8-3-2-4-9-23)32(39)35-25-17-14-21(15-18-25)28(37)19-16-22-11-7-12-26(33)30(22)34/h2-20H,1H3,(H,35,39)(H,36,38)/b19-16+,27-20-. The molecule has 40 heavy (non-hydrogen) atoms. The van der Waals surface area contributed by atoms with E-state index in [0.717, 1.165) is 0 Å². The molecule has 4 aromatic rings. The number of amides is 2. The fraction of sp³-hybridized carbons (Fsp3) is 0.0312. The molecule has 4 rings (SSSR count). The van der Waals surface area contributed by atoms with Gasteiger partial charge in [-0.25, -0.2) is 0 Å². The summed E-state index contributed by atoms with van der Waals surface area (Å²) in [7, 11) is 1.52. The quantitative estimate of drug-likeness (QED) is 0.163. The van der Waals surface area contributed by atoms with E-state index in [1.54, 1.807) is 109 Å². The highest BCUT2D eigenvalue weighted by Crippen LogP contribution is 2.26. The molecular formula is C32H24Cl2N2O4. The monoisotopic (exact) mass is 570 g/mol. The van der Waals surface area contributed by atoms with Crippen LogP contribution < -0.4 is 15.4 Å². The number of halogens is 2. The van der Waals surface area contributed by atoms with Crippen LogP contribution in [0.5, 0.6) is 5.75 Å². The summed E-state index contributed by atoms with van der Waals surface area (Å²) in [6, 6.07) is 27.3. The van der Waals surface area contributed by atoms with Crippen molar-refractivity contribution in [2.75, 3.05) is 12.4 Å². The van der Waals surface area contributed by atoms with Crippen LogP contribution in [0.1, 0.15) is 31.8 Å². The van der Waals surface area contributed by atoms with E-state index in [4.69, 9.17) is 27.9 Å². The Bertz CT molecular complexity index is 1600. The van der Waals surface area contributed by atoms with Crippen LogP contribution in [-0.4, -0.2) is 24.7 Å². The summed E-state index contributed by atoms with van der Waals surface area (Å²) in [6.07, 6.45) is 4.54. The summed E-state index contributed by atoms with van der Waals surface area (Å²) in [4.78, 5) is 38.8. The Morgan fingerprint density at radius 1 is 0.750 bits per heavy atom. The van der Waals surface area contributed by atoms with Crippen LogP contribution in [0.3, 0.4) is 0 Å². The smallest absolute Gasteiger partial charge is 0.272 e. The molecule has 0 aromatic heterocycles. The largest absolute Gasteiger partial charge is 0.496 e. The second-order valence-corrected chi connectivity index (χ2v) is 9.28. The van der Waals surface area contributed by atoms with Crippen molar-refractivity contribution in [1.82, 2.24) is 5.32 Å². The molecule has 0 fully saturated rings. The number of methoxy groups -OCH3 is 1. The molecule has 8 heteroatoms. The summed E-state index contributed by atoms with van der Waals surface area (Å²) >= 11 is 12.2. The number of hydrogen-bond acceptors (Lipinski definition) is 4. The van der Waals surface area contributed by atoms with Gasteiger partial charge in [0.1, 0.15) is 11.4 Å². The van der Waals surface area contributed by atoms with Gasteiger partial charge in [-0.15, -0.1) is 0 Å². The molecular weight excluding hydrogens is 547 g/mol. The van der Waals surface area contributed by atoms with E-state index in [0.29, 0.717) is 43.7 Å². The lowest BCUT2D eigenvalue weighted by molar-refractivity contribution is -0.113. The third kappa shape index (κ3) is 7.26. The van der Waals surface area contributed by atoms with E-state index < -0.39 is 11.8 Å². The molecule has 0 aliphatic carbocycles. The number of ether oxygens (including phenoxy) is 1. The summed E-state index contributed by atoms with van der Waals surface area (Å²) < 4.78 is 5.39. The van der Waals surface area contributed by atoms with Gasteiger partial charge in [0.2, 0.25) is 0 Å². The van der Waals surface area contributed by atoms with Crippen LogP contribution in [-0.2, 0) is 4.79 Å².